The van der Waals surface area contributed by atoms with Crippen LogP contribution < -0.4 is 14.4 Å². The molecule has 1 saturated heterocycles. The summed E-state index contributed by atoms with van der Waals surface area (Å²) >= 11 is 0. The van der Waals surface area contributed by atoms with E-state index in [0.717, 1.165) is 11.3 Å². The highest BCUT2D eigenvalue weighted by atomic mass is 16.5. The average molecular weight is 472 g/mol. The molecule has 1 fully saturated rings. The van der Waals surface area contributed by atoms with Crippen LogP contribution in [0.15, 0.2) is 72.6 Å². The lowest BCUT2D eigenvalue weighted by Crippen LogP contribution is -2.29. The van der Waals surface area contributed by atoms with Gasteiger partial charge in [-0.2, -0.15) is 0 Å². The number of carbonyl (C=O) groups excluding carboxylic acids is 2. The largest absolute Gasteiger partial charge is 0.507 e. The van der Waals surface area contributed by atoms with Gasteiger partial charge in [-0.3, -0.25) is 14.6 Å². The minimum absolute atomic E-state index is 0.0326. The van der Waals surface area contributed by atoms with E-state index in [-0.39, 0.29) is 17.9 Å². The molecule has 0 saturated carbocycles. The summed E-state index contributed by atoms with van der Waals surface area (Å²) in [6.07, 6.45) is 3.23. The molecule has 2 aliphatic rings. The number of anilines is 1. The molecule has 35 heavy (non-hydrogen) atoms. The van der Waals surface area contributed by atoms with Gasteiger partial charge < -0.3 is 24.4 Å². The van der Waals surface area contributed by atoms with E-state index < -0.39 is 17.7 Å². The number of carbonyl (C=O) groups is 2. The molecule has 0 aliphatic carbocycles. The highest BCUT2D eigenvalue weighted by Gasteiger charge is 2.46. The lowest BCUT2D eigenvalue weighted by Gasteiger charge is -2.28. The Balaban J connectivity index is 1.61. The Morgan fingerprint density at radius 1 is 1.17 bits per heavy atom. The number of benzene rings is 2. The van der Waals surface area contributed by atoms with E-state index in [1.165, 1.54) is 4.90 Å². The highest BCUT2D eigenvalue weighted by Crippen LogP contribution is 2.41. The molecule has 0 radical (unpaired) electrons. The molecule has 3 heterocycles. The van der Waals surface area contributed by atoms with Crippen LogP contribution in [0.5, 0.6) is 11.5 Å². The van der Waals surface area contributed by atoms with Gasteiger partial charge in [-0.25, -0.2) is 0 Å². The van der Waals surface area contributed by atoms with Crippen molar-refractivity contribution < 1.29 is 24.2 Å². The Hall–Kier alpha value is -4.33. The van der Waals surface area contributed by atoms with Gasteiger partial charge >= 0.3 is 0 Å². The van der Waals surface area contributed by atoms with Crippen molar-refractivity contribution in [1.82, 2.24) is 9.88 Å². The second-order valence-electron chi connectivity index (χ2n) is 8.52. The number of likely N-dealkylation sites (N-methyl/N-ethyl adjacent to an activating group) is 1. The van der Waals surface area contributed by atoms with Gasteiger partial charge in [0, 0.05) is 31.5 Å². The van der Waals surface area contributed by atoms with Crippen LogP contribution in [-0.2, 0) is 16.1 Å². The Bertz CT molecular complexity index is 1320. The van der Waals surface area contributed by atoms with Crippen molar-refractivity contribution in [2.24, 2.45) is 0 Å². The van der Waals surface area contributed by atoms with E-state index in [0.29, 0.717) is 35.8 Å². The topological polar surface area (TPSA) is 92.2 Å². The summed E-state index contributed by atoms with van der Waals surface area (Å²) in [5, 5.41) is 11.4. The first-order valence-corrected chi connectivity index (χ1v) is 11.3. The Labute approximate surface area is 203 Å². The minimum atomic E-state index is -0.792. The number of likely N-dealkylation sites (tertiary alicyclic amines) is 1. The number of hydrogen-bond acceptors (Lipinski definition) is 7. The van der Waals surface area contributed by atoms with Crippen LogP contribution in [-0.4, -0.2) is 54.0 Å². The number of aliphatic hydroxyl groups excluding tert-OH is 1. The average Bonchev–Trinajstić information content (AvgIpc) is 3.14. The van der Waals surface area contributed by atoms with Gasteiger partial charge in [0.2, 0.25) is 0 Å². The molecule has 0 spiro atoms. The van der Waals surface area contributed by atoms with Crippen molar-refractivity contribution in [3.05, 3.63) is 89.3 Å². The number of methoxy groups -OCH3 is 1. The summed E-state index contributed by atoms with van der Waals surface area (Å²) < 4.78 is 11.0. The number of Topliss-reactive ketones (excluding diaryl/α,β-unsaturated/α-hetero) is 1. The second-order valence-corrected chi connectivity index (χ2v) is 8.52. The molecular weight excluding hydrogens is 446 g/mol. The first-order chi connectivity index (χ1) is 17.0. The highest BCUT2D eigenvalue weighted by molar-refractivity contribution is 6.46. The standard InChI is InChI=1S/C27H25N3O5/c1-29-11-12-35-22-9-8-18(14-21(22)29)25(31)23-24(19-6-4-10-28-15-19)30(27(33)26(23)32)16-17-5-3-7-20(13-17)34-2/h3-10,13-15,24,31H,11-12,16H2,1-2H3/b25-23-. The lowest BCUT2D eigenvalue weighted by atomic mass is 9.95. The van der Waals surface area contributed by atoms with Crippen molar-refractivity contribution in [3.8, 4) is 11.5 Å². The van der Waals surface area contributed by atoms with Crippen molar-refractivity contribution in [2.45, 2.75) is 12.6 Å². The zero-order chi connectivity index (χ0) is 24.5. The Kier molecular flexibility index (Phi) is 5.86. The van der Waals surface area contributed by atoms with E-state index >= 15 is 0 Å². The summed E-state index contributed by atoms with van der Waals surface area (Å²) in [6, 6.07) is 15.3. The van der Waals surface area contributed by atoms with Gasteiger partial charge in [-0.05, 0) is 47.5 Å². The van der Waals surface area contributed by atoms with E-state index in [2.05, 4.69) is 4.98 Å². The Morgan fingerprint density at radius 3 is 2.80 bits per heavy atom. The van der Waals surface area contributed by atoms with Crippen molar-refractivity contribution >= 4 is 23.1 Å². The first kappa shape index (κ1) is 22.5. The number of aromatic nitrogens is 1. The molecule has 2 aliphatic heterocycles. The number of fused-ring (bicyclic) bond motifs is 1. The van der Waals surface area contributed by atoms with Gasteiger partial charge in [0.05, 0.1) is 31.0 Å². The first-order valence-electron chi connectivity index (χ1n) is 11.3. The maximum atomic E-state index is 13.3. The number of pyridine rings is 1. The second kappa shape index (κ2) is 9.13. The van der Waals surface area contributed by atoms with Crippen LogP contribution >= 0.6 is 0 Å². The number of aliphatic hydroxyl groups is 1. The zero-order valence-electron chi connectivity index (χ0n) is 19.5. The molecule has 0 bridgehead atoms. The molecule has 178 valence electrons. The molecule has 3 aromatic rings. The molecule has 1 atom stereocenters. The molecule has 5 rings (SSSR count). The molecule has 1 N–H and O–H groups in total. The SMILES string of the molecule is COc1cccc(CN2C(=O)C(=O)/C(=C(\O)c3ccc4c(c3)N(C)CCO4)C2c2cccnc2)c1. The lowest BCUT2D eigenvalue weighted by molar-refractivity contribution is -0.140. The van der Waals surface area contributed by atoms with Gasteiger partial charge in [0.25, 0.3) is 11.7 Å². The molecule has 8 nitrogen and oxygen atoms in total. The van der Waals surface area contributed by atoms with Gasteiger partial charge in [-0.15, -0.1) is 0 Å². The van der Waals surface area contributed by atoms with E-state index in [4.69, 9.17) is 9.47 Å². The smallest absolute Gasteiger partial charge is 0.295 e. The third kappa shape index (κ3) is 4.07. The molecule has 8 heteroatoms. The number of ketones is 1. The number of ether oxygens (including phenoxy) is 2. The molecule has 1 amide bonds. The van der Waals surface area contributed by atoms with E-state index in [9.17, 15) is 14.7 Å². The molecule has 1 unspecified atom stereocenters. The maximum Gasteiger partial charge on any atom is 0.295 e. The third-order valence-electron chi connectivity index (χ3n) is 6.36. The van der Waals surface area contributed by atoms with E-state index in [1.54, 1.807) is 49.8 Å². The van der Waals surface area contributed by atoms with Gasteiger partial charge in [0.1, 0.15) is 23.9 Å². The fraction of sp³-hybridized carbons (Fsp3) is 0.222. The summed E-state index contributed by atoms with van der Waals surface area (Å²) in [6.45, 7) is 1.45. The van der Waals surface area contributed by atoms with Crippen LogP contribution in [0.1, 0.15) is 22.7 Å². The van der Waals surface area contributed by atoms with Crippen molar-refractivity contribution in [2.75, 3.05) is 32.2 Å². The number of amides is 1. The van der Waals surface area contributed by atoms with Crippen LogP contribution in [0.4, 0.5) is 5.69 Å². The molecule has 2 aromatic carbocycles. The zero-order valence-corrected chi connectivity index (χ0v) is 19.5. The molecule has 1 aromatic heterocycles. The molecular formula is C27H25N3O5. The third-order valence-corrected chi connectivity index (χ3v) is 6.36. The monoisotopic (exact) mass is 471 g/mol. The van der Waals surface area contributed by atoms with Crippen LogP contribution in [0.25, 0.3) is 5.76 Å². The van der Waals surface area contributed by atoms with Crippen LogP contribution in [0.2, 0.25) is 0 Å². The fourth-order valence-corrected chi connectivity index (χ4v) is 4.55. The Morgan fingerprint density at radius 2 is 2.03 bits per heavy atom. The summed E-state index contributed by atoms with van der Waals surface area (Å²) in [4.78, 5) is 34.2. The van der Waals surface area contributed by atoms with Gasteiger partial charge in [-0.1, -0.05) is 18.2 Å². The maximum absolute atomic E-state index is 13.3. The van der Waals surface area contributed by atoms with E-state index in [1.807, 2.05) is 36.2 Å². The van der Waals surface area contributed by atoms with Crippen LogP contribution in [0, 0.1) is 0 Å². The van der Waals surface area contributed by atoms with Gasteiger partial charge in [0.15, 0.2) is 0 Å². The van der Waals surface area contributed by atoms with Crippen LogP contribution in [0.3, 0.4) is 0 Å². The van der Waals surface area contributed by atoms with Crippen molar-refractivity contribution in [1.29, 1.82) is 0 Å². The summed E-state index contributed by atoms with van der Waals surface area (Å²) in [5.74, 6) is -0.287. The van der Waals surface area contributed by atoms with Crippen molar-refractivity contribution in [3.63, 3.8) is 0 Å². The summed E-state index contributed by atoms with van der Waals surface area (Å²) in [7, 11) is 3.51. The number of hydrogen-bond donors (Lipinski definition) is 1. The quantitative estimate of drug-likeness (QED) is 0.346. The number of nitrogens with zero attached hydrogens (tertiary/aromatic N) is 3. The summed E-state index contributed by atoms with van der Waals surface area (Å²) in [5.41, 5.74) is 2.71. The fourth-order valence-electron chi connectivity index (χ4n) is 4.55. The number of rotatable bonds is 5. The predicted molar refractivity (Wildman–Crippen MR) is 130 cm³/mol. The minimum Gasteiger partial charge on any atom is -0.507 e. The predicted octanol–water partition coefficient (Wildman–Crippen LogP) is 3.54. The normalized spacial score (nSPS) is 18.9.